The molecule has 0 radical (unpaired) electrons. The maximum Gasteiger partial charge on any atom is 0.164 e. The van der Waals surface area contributed by atoms with Crippen LogP contribution in [0.3, 0.4) is 0 Å². The third-order valence-corrected chi connectivity index (χ3v) is 1.20. The van der Waals surface area contributed by atoms with Crippen molar-refractivity contribution in [2.24, 2.45) is 4.99 Å². The molecule has 0 aliphatic rings. The molecule has 0 unspecified atom stereocenters. The molecular weight excluding hydrogens is 142 g/mol. The van der Waals surface area contributed by atoms with Crippen molar-refractivity contribution in [1.82, 2.24) is 4.98 Å². The van der Waals surface area contributed by atoms with Crippen LogP contribution < -0.4 is 5.73 Å². The Bertz CT molecular complexity index is 296. The lowest BCUT2D eigenvalue weighted by Crippen LogP contribution is -1.91. The Kier molecular flexibility index (Phi) is 1.96. The van der Waals surface area contributed by atoms with Crippen LogP contribution in [0.2, 0.25) is 0 Å². The highest BCUT2D eigenvalue weighted by molar-refractivity contribution is 5.82. The summed E-state index contributed by atoms with van der Waals surface area (Å²) in [6, 6.07) is 3.10. The first-order valence-electron chi connectivity index (χ1n) is 2.96. The van der Waals surface area contributed by atoms with Crippen molar-refractivity contribution in [3.05, 3.63) is 17.7 Å². The van der Waals surface area contributed by atoms with Crippen LogP contribution in [0.4, 0.5) is 11.6 Å². The predicted molar refractivity (Wildman–Crippen MR) is 43.2 cm³/mol. The molecule has 1 aromatic rings. The van der Waals surface area contributed by atoms with Crippen LogP contribution in [0.15, 0.2) is 17.1 Å². The number of rotatable bonds is 2. The van der Waals surface area contributed by atoms with Crippen molar-refractivity contribution in [2.45, 2.75) is 0 Å². The largest absolute Gasteiger partial charge is 0.384 e. The predicted octanol–water partition coefficient (Wildman–Crippen LogP) is 0.808. The normalized spacial score (nSPS) is 9.09. The number of nitrogens with two attached hydrogens (primary N) is 1. The van der Waals surface area contributed by atoms with Crippen LogP contribution in [-0.2, 0) is 0 Å². The zero-order valence-corrected chi connectivity index (χ0v) is 5.82. The first-order chi connectivity index (χ1) is 5.27. The monoisotopic (exact) mass is 149 g/mol. The molecule has 1 rings (SSSR count). The van der Waals surface area contributed by atoms with Gasteiger partial charge in [0, 0.05) is 0 Å². The average Bonchev–Trinajstić information content (AvgIpc) is 2.04. The summed E-state index contributed by atoms with van der Waals surface area (Å²) in [5.41, 5.74) is 5.74. The van der Waals surface area contributed by atoms with Crippen LogP contribution in [0.5, 0.6) is 0 Å². The molecule has 0 bridgehead atoms. The lowest BCUT2D eigenvalue weighted by atomic mass is 10.3. The van der Waals surface area contributed by atoms with E-state index in [-0.39, 0.29) is 5.82 Å². The van der Waals surface area contributed by atoms with Crippen LogP contribution in [0.25, 0.3) is 0 Å². The van der Waals surface area contributed by atoms with E-state index in [1.165, 1.54) is 0 Å². The van der Waals surface area contributed by atoms with E-state index < -0.39 is 0 Å². The number of carbonyl (C=O) groups is 1. The molecule has 1 aromatic heterocycles. The molecule has 56 valence electrons. The van der Waals surface area contributed by atoms with Gasteiger partial charge in [0.05, 0.1) is 5.56 Å². The molecule has 0 spiro atoms. The molecule has 11 heavy (non-hydrogen) atoms. The Balaban J connectivity index is 3.26. The Hall–Kier alpha value is -1.71. The second kappa shape index (κ2) is 2.92. The number of carbonyl (C=O) groups excluding carboxylic acids is 1. The standard InChI is InChI=1S/C7H7N3O/c1-9-7-5(4-11)2-3-6(8)10-7/h2-4H,1H2,(H2,8,10). The second-order valence-corrected chi connectivity index (χ2v) is 1.92. The Morgan fingerprint density at radius 3 is 2.91 bits per heavy atom. The molecule has 0 saturated carbocycles. The minimum Gasteiger partial charge on any atom is -0.384 e. The number of hydrogen-bond donors (Lipinski definition) is 1. The summed E-state index contributed by atoms with van der Waals surface area (Å²) >= 11 is 0. The Morgan fingerprint density at radius 2 is 2.36 bits per heavy atom. The summed E-state index contributed by atoms with van der Waals surface area (Å²) in [4.78, 5) is 17.6. The molecule has 0 saturated heterocycles. The van der Waals surface area contributed by atoms with Crippen molar-refractivity contribution < 1.29 is 4.79 Å². The third kappa shape index (κ3) is 1.40. The van der Waals surface area contributed by atoms with Crippen molar-refractivity contribution in [2.75, 3.05) is 5.73 Å². The van der Waals surface area contributed by atoms with E-state index in [1.807, 2.05) is 0 Å². The van der Waals surface area contributed by atoms with Crippen LogP contribution in [0, 0.1) is 0 Å². The van der Waals surface area contributed by atoms with Crippen LogP contribution in [-0.4, -0.2) is 18.0 Å². The SMILES string of the molecule is C=Nc1nc(N)ccc1C=O. The van der Waals surface area contributed by atoms with E-state index in [9.17, 15) is 4.79 Å². The van der Waals surface area contributed by atoms with Gasteiger partial charge in [0.25, 0.3) is 0 Å². The molecule has 0 aliphatic carbocycles. The molecule has 4 heteroatoms. The number of anilines is 1. The number of hydrogen-bond acceptors (Lipinski definition) is 4. The van der Waals surface area contributed by atoms with Crippen molar-refractivity contribution in [3.8, 4) is 0 Å². The molecular formula is C7H7N3O. The van der Waals surface area contributed by atoms with E-state index in [1.54, 1.807) is 12.1 Å². The Labute approximate surface area is 63.8 Å². The molecule has 4 nitrogen and oxygen atoms in total. The molecule has 0 amide bonds. The highest BCUT2D eigenvalue weighted by Gasteiger charge is 1.99. The fourth-order valence-electron chi connectivity index (χ4n) is 0.692. The lowest BCUT2D eigenvalue weighted by molar-refractivity contribution is 0.112. The maximum atomic E-state index is 10.3. The summed E-state index contributed by atoms with van der Waals surface area (Å²) in [6.45, 7) is 3.25. The van der Waals surface area contributed by atoms with E-state index in [0.29, 0.717) is 17.7 Å². The molecule has 1 heterocycles. The number of nitrogen functional groups attached to an aromatic ring is 1. The topological polar surface area (TPSA) is 68.3 Å². The van der Waals surface area contributed by atoms with Gasteiger partial charge in [-0.25, -0.2) is 9.98 Å². The van der Waals surface area contributed by atoms with Crippen molar-refractivity contribution in [3.63, 3.8) is 0 Å². The van der Waals surface area contributed by atoms with Crippen LogP contribution in [0.1, 0.15) is 10.4 Å². The number of pyridine rings is 1. The van der Waals surface area contributed by atoms with Gasteiger partial charge in [-0.2, -0.15) is 0 Å². The number of nitrogens with zero attached hydrogens (tertiary/aromatic N) is 2. The van der Waals surface area contributed by atoms with Gasteiger partial charge in [-0.15, -0.1) is 0 Å². The zero-order chi connectivity index (χ0) is 8.27. The minimum absolute atomic E-state index is 0.278. The maximum absolute atomic E-state index is 10.3. The summed E-state index contributed by atoms with van der Waals surface area (Å²) in [7, 11) is 0. The van der Waals surface area contributed by atoms with Gasteiger partial charge in [0.1, 0.15) is 5.82 Å². The van der Waals surface area contributed by atoms with Gasteiger partial charge in [-0.1, -0.05) is 0 Å². The molecule has 0 aromatic carbocycles. The summed E-state index contributed by atoms with van der Waals surface area (Å²) in [5.74, 6) is 0.609. The fourth-order valence-corrected chi connectivity index (χ4v) is 0.692. The first-order valence-corrected chi connectivity index (χ1v) is 2.96. The average molecular weight is 149 g/mol. The van der Waals surface area contributed by atoms with Gasteiger partial charge in [-0.05, 0) is 18.9 Å². The highest BCUT2D eigenvalue weighted by Crippen LogP contribution is 2.14. The van der Waals surface area contributed by atoms with Crippen molar-refractivity contribution >= 4 is 24.6 Å². The zero-order valence-electron chi connectivity index (χ0n) is 5.82. The van der Waals surface area contributed by atoms with Crippen LogP contribution >= 0.6 is 0 Å². The smallest absolute Gasteiger partial charge is 0.164 e. The first kappa shape index (κ1) is 7.40. The third-order valence-electron chi connectivity index (χ3n) is 1.20. The van der Waals surface area contributed by atoms with Gasteiger partial charge < -0.3 is 5.73 Å². The van der Waals surface area contributed by atoms with E-state index in [4.69, 9.17) is 5.73 Å². The van der Waals surface area contributed by atoms with E-state index >= 15 is 0 Å². The van der Waals surface area contributed by atoms with Gasteiger partial charge in [-0.3, -0.25) is 4.79 Å². The fraction of sp³-hybridized carbons (Fsp3) is 0. The van der Waals surface area contributed by atoms with Gasteiger partial charge >= 0.3 is 0 Å². The summed E-state index contributed by atoms with van der Waals surface area (Å²) in [6.07, 6.45) is 0.663. The summed E-state index contributed by atoms with van der Waals surface area (Å²) in [5, 5.41) is 0. The summed E-state index contributed by atoms with van der Waals surface area (Å²) < 4.78 is 0. The quantitative estimate of drug-likeness (QED) is 0.499. The van der Waals surface area contributed by atoms with E-state index in [2.05, 4.69) is 16.7 Å². The van der Waals surface area contributed by atoms with Gasteiger partial charge in [0.15, 0.2) is 12.1 Å². The van der Waals surface area contributed by atoms with Gasteiger partial charge in [0.2, 0.25) is 0 Å². The van der Waals surface area contributed by atoms with E-state index in [0.717, 1.165) is 0 Å². The molecule has 0 aliphatic heterocycles. The molecule has 0 atom stereocenters. The molecule has 0 fully saturated rings. The highest BCUT2D eigenvalue weighted by atomic mass is 16.1. The number of aliphatic imine (C=N–C) groups is 1. The Morgan fingerprint density at radius 1 is 1.64 bits per heavy atom. The van der Waals surface area contributed by atoms with Crippen molar-refractivity contribution in [1.29, 1.82) is 0 Å². The number of aromatic nitrogens is 1. The minimum atomic E-state index is 0.278. The second-order valence-electron chi connectivity index (χ2n) is 1.92. The number of aldehydes is 1. The molecule has 2 N–H and O–H groups in total. The lowest BCUT2D eigenvalue weighted by Gasteiger charge is -1.96.